The van der Waals surface area contributed by atoms with Crippen LogP contribution in [-0.2, 0) is 11.2 Å². The van der Waals surface area contributed by atoms with E-state index in [0.29, 0.717) is 32.4 Å². The van der Waals surface area contributed by atoms with Crippen molar-refractivity contribution < 1.29 is 24.2 Å². The molecule has 24 heavy (non-hydrogen) atoms. The molecule has 0 bridgehead atoms. The smallest absolute Gasteiger partial charge is 0.410 e. The summed E-state index contributed by atoms with van der Waals surface area (Å²) in [7, 11) is 0. The van der Waals surface area contributed by atoms with Gasteiger partial charge in [0.25, 0.3) is 0 Å². The topological polar surface area (TPSA) is 76.1 Å². The Morgan fingerprint density at radius 3 is 2.50 bits per heavy atom. The van der Waals surface area contributed by atoms with Crippen molar-refractivity contribution in [2.75, 3.05) is 13.1 Å². The fourth-order valence-corrected chi connectivity index (χ4v) is 3.27. The summed E-state index contributed by atoms with van der Waals surface area (Å²) in [6.45, 7) is 6.72. The van der Waals surface area contributed by atoms with Gasteiger partial charge in [0.1, 0.15) is 17.0 Å². The average Bonchev–Trinajstić information content (AvgIpc) is 2.82. The Kier molecular flexibility index (Phi) is 3.94. The molecule has 3 rings (SSSR count). The minimum absolute atomic E-state index is 0.278. The third kappa shape index (κ3) is 3.32. The molecule has 6 heteroatoms. The minimum Gasteiger partial charge on any atom is -0.487 e. The Labute approximate surface area is 141 Å². The van der Waals surface area contributed by atoms with Crippen molar-refractivity contribution in [2.45, 2.75) is 51.2 Å². The van der Waals surface area contributed by atoms with Crippen LogP contribution in [0.3, 0.4) is 0 Å². The molecule has 1 aromatic rings. The molecule has 0 unspecified atom stereocenters. The largest absolute Gasteiger partial charge is 0.487 e. The molecule has 2 heterocycles. The van der Waals surface area contributed by atoms with Crippen LogP contribution in [0.2, 0.25) is 0 Å². The molecule has 130 valence electrons. The second kappa shape index (κ2) is 5.69. The molecule has 1 spiro atoms. The predicted octanol–water partition coefficient (Wildman–Crippen LogP) is 3.09. The molecule has 0 radical (unpaired) electrons. The lowest BCUT2D eigenvalue weighted by Crippen LogP contribution is -2.50. The Morgan fingerprint density at radius 2 is 1.92 bits per heavy atom. The highest BCUT2D eigenvalue weighted by Crippen LogP contribution is 2.41. The quantitative estimate of drug-likeness (QED) is 0.854. The van der Waals surface area contributed by atoms with Crippen LogP contribution < -0.4 is 4.74 Å². The number of hydrogen-bond donors (Lipinski definition) is 1. The first kappa shape index (κ1) is 16.6. The van der Waals surface area contributed by atoms with E-state index in [0.717, 1.165) is 11.3 Å². The number of carboxylic acids is 1. The van der Waals surface area contributed by atoms with Crippen LogP contribution in [0.5, 0.6) is 5.75 Å². The first-order valence-corrected chi connectivity index (χ1v) is 8.21. The minimum atomic E-state index is -0.932. The van der Waals surface area contributed by atoms with E-state index in [9.17, 15) is 9.59 Å². The van der Waals surface area contributed by atoms with Crippen molar-refractivity contribution in [1.29, 1.82) is 0 Å². The normalized spacial score (nSPS) is 18.9. The number of aromatic carboxylic acids is 1. The summed E-state index contributed by atoms with van der Waals surface area (Å²) in [5.74, 6) is -0.177. The number of carbonyl (C=O) groups is 2. The van der Waals surface area contributed by atoms with Crippen molar-refractivity contribution in [3.05, 3.63) is 29.3 Å². The van der Waals surface area contributed by atoms with Crippen molar-refractivity contribution in [1.82, 2.24) is 4.90 Å². The van der Waals surface area contributed by atoms with Gasteiger partial charge in [-0.2, -0.15) is 0 Å². The summed E-state index contributed by atoms with van der Waals surface area (Å²) < 4.78 is 11.5. The van der Waals surface area contributed by atoms with Crippen molar-refractivity contribution in [3.63, 3.8) is 0 Å². The summed E-state index contributed by atoms with van der Waals surface area (Å²) in [6.07, 6.45) is 1.82. The third-order valence-electron chi connectivity index (χ3n) is 4.47. The Morgan fingerprint density at radius 1 is 1.25 bits per heavy atom. The van der Waals surface area contributed by atoms with Gasteiger partial charge in [-0.1, -0.05) is 0 Å². The van der Waals surface area contributed by atoms with E-state index in [4.69, 9.17) is 14.6 Å². The van der Waals surface area contributed by atoms with Crippen LogP contribution in [0.4, 0.5) is 4.79 Å². The molecule has 2 aliphatic rings. The highest BCUT2D eigenvalue weighted by Gasteiger charge is 2.43. The van der Waals surface area contributed by atoms with E-state index in [-0.39, 0.29) is 17.3 Å². The Balaban J connectivity index is 1.65. The highest BCUT2D eigenvalue weighted by atomic mass is 16.6. The number of likely N-dealkylation sites (tertiary alicyclic amines) is 1. The van der Waals surface area contributed by atoms with Gasteiger partial charge in [-0.25, -0.2) is 9.59 Å². The third-order valence-corrected chi connectivity index (χ3v) is 4.47. The fourth-order valence-electron chi connectivity index (χ4n) is 3.27. The SMILES string of the molecule is CC(C)(C)OC(=O)N1CCC2(CC1)Cc1cc(C(=O)O)ccc1O2. The van der Waals surface area contributed by atoms with Crippen LogP contribution in [0.15, 0.2) is 18.2 Å². The molecule has 0 aliphatic carbocycles. The van der Waals surface area contributed by atoms with Gasteiger partial charge in [0.15, 0.2) is 0 Å². The lowest BCUT2D eigenvalue weighted by atomic mass is 9.87. The molecule has 1 amide bonds. The zero-order valence-electron chi connectivity index (χ0n) is 14.3. The second-order valence-corrected chi connectivity index (χ2v) is 7.56. The first-order valence-electron chi connectivity index (χ1n) is 8.21. The maximum atomic E-state index is 12.2. The lowest BCUT2D eigenvalue weighted by Gasteiger charge is -2.39. The molecule has 1 fully saturated rings. The van der Waals surface area contributed by atoms with Gasteiger partial charge in [0.2, 0.25) is 0 Å². The number of carboxylic acid groups (broad SMARTS) is 1. The van der Waals surface area contributed by atoms with E-state index in [2.05, 4.69) is 0 Å². The molecule has 0 aromatic heterocycles. The highest BCUT2D eigenvalue weighted by molar-refractivity contribution is 5.88. The molecule has 1 aromatic carbocycles. The molecular formula is C18H23NO5. The Bertz CT molecular complexity index is 668. The van der Waals surface area contributed by atoms with Crippen LogP contribution in [0.25, 0.3) is 0 Å². The number of hydrogen-bond acceptors (Lipinski definition) is 4. The van der Waals surface area contributed by atoms with Crippen LogP contribution >= 0.6 is 0 Å². The van der Waals surface area contributed by atoms with E-state index in [1.807, 2.05) is 20.8 Å². The molecule has 2 aliphatic heterocycles. The van der Waals surface area contributed by atoms with Gasteiger partial charge >= 0.3 is 12.1 Å². The van der Waals surface area contributed by atoms with Gasteiger partial charge in [-0.15, -0.1) is 0 Å². The number of piperidine rings is 1. The van der Waals surface area contributed by atoms with E-state index < -0.39 is 11.6 Å². The number of ether oxygens (including phenoxy) is 2. The monoisotopic (exact) mass is 333 g/mol. The Hall–Kier alpha value is -2.24. The zero-order valence-corrected chi connectivity index (χ0v) is 14.3. The van der Waals surface area contributed by atoms with Crippen LogP contribution in [-0.4, -0.2) is 46.4 Å². The number of benzene rings is 1. The fraction of sp³-hybridized carbons (Fsp3) is 0.556. The molecule has 6 nitrogen and oxygen atoms in total. The first-order chi connectivity index (χ1) is 11.2. The van der Waals surface area contributed by atoms with Crippen LogP contribution in [0.1, 0.15) is 49.5 Å². The van der Waals surface area contributed by atoms with E-state index >= 15 is 0 Å². The van der Waals surface area contributed by atoms with Gasteiger partial charge in [-0.05, 0) is 44.5 Å². The van der Waals surface area contributed by atoms with Gasteiger partial charge in [0.05, 0.1) is 5.56 Å². The van der Waals surface area contributed by atoms with Crippen molar-refractivity contribution in [3.8, 4) is 5.75 Å². The molecule has 0 atom stereocenters. The number of fused-ring (bicyclic) bond motifs is 1. The maximum Gasteiger partial charge on any atom is 0.410 e. The standard InChI is InChI=1S/C18H23NO5/c1-17(2,3)24-16(22)19-8-6-18(7-9-19)11-13-10-12(15(20)21)4-5-14(13)23-18/h4-5,10H,6-9,11H2,1-3H3,(H,20,21). The van der Waals surface area contributed by atoms with Crippen molar-refractivity contribution in [2.24, 2.45) is 0 Å². The van der Waals surface area contributed by atoms with Gasteiger partial charge in [0, 0.05) is 32.4 Å². The molecule has 0 saturated carbocycles. The number of amides is 1. The summed E-state index contributed by atoms with van der Waals surface area (Å²) in [4.78, 5) is 25.0. The average molecular weight is 333 g/mol. The number of nitrogens with zero attached hydrogens (tertiary/aromatic N) is 1. The molecule has 1 saturated heterocycles. The van der Waals surface area contributed by atoms with Crippen LogP contribution in [0, 0.1) is 0 Å². The molecule has 1 N–H and O–H groups in total. The molecular weight excluding hydrogens is 310 g/mol. The zero-order chi connectivity index (χ0) is 17.5. The summed E-state index contributed by atoms with van der Waals surface area (Å²) >= 11 is 0. The van der Waals surface area contributed by atoms with Gasteiger partial charge < -0.3 is 19.5 Å². The van der Waals surface area contributed by atoms with Crippen molar-refractivity contribution >= 4 is 12.1 Å². The van der Waals surface area contributed by atoms with E-state index in [1.165, 1.54) is 0 Å². The number of rotatable bonds is 1. The summed E-state index contributed by atoms with van der Waals surface area (Å²) in [5.41, 5.74) is 0.374. The lowest BCUT2D eigenvalue weighted by molar-refractivity contribution is -0.00888. The summed E-state index contributed by atoms with van der Waals surface area (Å²) in [6, 6.07) is 4.98. The van der Waals surface area contributed by atoms with E-state index in [1.54, 1.807) is 23.1 Å². The number of carbonyl (C=O) groups excluding carboxylic acids is 1. The second-order valence-electron chi connectivity index (χ2n) is 7.56. The predicted molar refractivity (Wildman–Crippen MR) is 87.5 cm³/mol. The maximum absolute atomic E-state index is 12.2. The summed E-state index contributed by atoms with van der Waals surface area (Å²) in [5, 5.41) is 9.11. The van der Waals surface area contributed by atoms with Gasteiger partial charge in [-0.3, -0.25) is 0 Å².